The molecule has 3 N–H and O–H groups in total. The summed E-state index contributed by atoms with van der Waals surface area (Å²) in [6.45, 7) is 0.0431. The van der Waals surface area contributed by atoms with Crippen LogP contribution in [0.1, 0.15) is 36.3 Å². The minimum Gasteiger partial charge on any atom is -0.486 e. The fraction of sp³-hybridized carbons (Fsp3) is 0.407. The van der Waals surface area contributed by atoms with Gasteiger partial charge in [-0.15, -0.1) is 0 Å². The monoisotopic (exact) mass is 530 g/mol. The van der Waals surface area contributed by atoms with Crippen molar-refractivity contribution in [2.75, 3.05) is 13.2 Å². The van der Waals surface area contributed by atoms with Gasteiger partial charge in [-0.3, -0.25) is 9.59 Å². The van der Waals surface area contributed by atoms with Crippen LogP contribution in [0.2, 0.25) is 10.0 Å². The standard InChI is InChI=1S/C27H28Cl2N2O5/c28-17-9-8-16(20(29)12-17)14-31(27(35)15-4-3-5-15)21-13-19(26(34)30-10-11-32)23-18-6-1-2-7-22(18)36-25(23)24(21)33/h1-2,6-9,12-13,15,21,23-25,32-33H,3-5,10-11,14H2,(H,30,34)/t21-,23+,24+,25+/m1/s1. The molecule has 1 aliphatic heterocycles. The van der Waals surface area contributed by atoms with E-state index < -0.39 is 24.2 Å². The summed E-state index contributed by atoms with van der Waals surface area (Å²) in [5, 5.41) is 24.5. The molecule has 0 aromatic heterocycles. The SMILES string of the molecule is O=C(NCCO)C1=C[C@@H](N(Cc2ccc(Cl)cc2Cl)C(=O)C2CCC2)[C@H](O)[C@H]2Oc3ccccc3[C@@H]12. The van der Waals surface area contributed by atoms with Gasteiger partial charge in [0.05, 0.1) is 18.6 Å². The van der Waals surface area contributed by atoms with Crippen molar-refractivity contribution in [2.45, 2.75) is 50.0 Å². The van der Waals surface area contributed by atoms with Gasteiger partial charge < -0.3 is 25.2 Å². The van der Waals surface area contributed by atoms with Crippen LogP contribution in [0.5, 0.6) is 5.75 Å². The molecule has 2 amide bonds. The third kappa shape index (κ3) is 4.61. The molecule has 190 valence electrons. The number of carbonyl (C=O) groups excluding carboxylic acids is 2. The second kappa shape index (κ2) is 10.4. The molecule has 0 bridgehead atoms. The molecule has 5 rings (SSSR count). The molecule has 2 aromatic carbocycles. The van der Waals surface area contributed by atoms with E-state index in [-0.39, 0.29) is 37.4 Å². The molecule has 36 heavy (non-hydrogen) atoms. The number of hydrogen-bond donors (Lipinski definition) is 3. The molecule has 1 saturated carbocycles. The lowest BCUT2D eigenvalue weighted by Gasteiger charge is -2.43. The lowest BCUT2D eigenvalue weighted by molar-refractivity contribution is -0.144. The number of para-hydroxylation sites is 1. The Morgan fingerprint density at radius 1 is 1.14 bits per heavy atom. The summed E-state index contributed by atoms with van der Waals surface area (Å²) in [7, 11) is 0. The maximum atomic E-state index is 13.7. The van der Waals surface area contributed by atoms with E-state index in [2.05, 4.69) is 5.32 Å². The van der Waals surface area contributed by atoms with Crippen molar-refractivity contribution in [3.8, 4) is 5.75 Å². The van der Waals surface area contributed by atoms with Crippen LogP contribution in [0.25, 0.3) is 0 Å². The van der Waals surface area contributed by atoms with E-state index in [0.717, 1.165) is 24.8 Å². The predicted molar refractivity (Wildman–Crippen MR) is 136 cm³/mol. The highest BCUT2D eigenvalue weighted by atomic mass is 35.5. The number of rotatable bonds is 7. The Hall–Kier alpha value is -2.58. The normalized spacial score (nSPS) is 24.6. The Morgan fingerprint density at radius 3 is 2.61 bits per heavy atom. The molecule has 4 atom stereocenters. The van der Waals surface area contributed by atoms with Crippen LogP contribution >= 0.6 is 23.2 Å². The van der Waals surface area contributed by atoms with Gasteiger partial charge >= 0.3 is 0 Å². The maximum Gasteiger partial charge on any atom is 0.247 e. The van der Waals surface area contributed by atoms with E-state index in [4.69, 9.17) is 27.9 Å². The summed E-state index contributed by atoms with van der Waals surface area (Å²) in [5.74, 6) is -0.479. The van der Waals surface area contributed by atoms with Crippen LogP contribution in [0.15, 0.2) is 54.1 Å². The first-order chi connectivity index (χ1) is 17.4. The Bertz CT molecular complexity index is 1200. The Morgan fingerprint density at radius 2 is 1.92 bits per heavy atom. The molecular weight excluding hydrogens is 503 g/mol. The van der Waals surface area contributed by atoms with Gasteiger partial charge in [-0.2, -0.15) is 0 Å². The summed E-state index contributed by atoms with van der Waals surface area (Å²) in [6, 6.07) is 11.7. The molecule has 3 aliphatic rings. The van der Waals surface area contributed by atoms with Crippen molar-refractivity contribution in [1.82, 2.24) is 10.2 Å². The minimum absolute atomic E-state index is 0.0864. The second-order valence-corrected chi connectivity index (χ2v) is 10.4. The quantitative estimate of drug-likeness (QED) is 0.509. The number of benzene rings is 2. The van der Waals surface area contributed by atoms with Crippen molar-refractivity contribution in [3.63, 3.8) is 0 Å². The number of hydrogen-bond acceptors (Lipinski definition) is 5. The van der Waals surface area contributed by atoms with Crippen molar-refractivity contribution in [1.29, 1.82) is 0 Å². The number of nitrogens with zero attached hydrogens (tertiary/aromatic N) is 1. The molecule has 0 spiro atoms. The molecular formula is C27H28Cl2N2O5. The van der Waals surface area contributed by atoms with Crippen LogP contribution in [-0.4, -0.2) is 58.3 Å². The third-order valence-corrected chi connectivity index (χ3v) is 7.92. The van der Waals surface area contributed by atoms with E-state index in [1.54, 1.807) is 29.2 Å². The largest absolute Gasteiger partial charge is 0.486 e. The highest BCUT2D eigenvalue weighted by Crippen LogP contribution is 2.47. The minimum atomic E-state index is -1.08. The average Bonchev–Trinajstić information content (AvgIpc) is 3.22. The highest BCUT2D eigenvalue weighted by molar-refractivity contribution is 6.35. The number of halogens is 2. The van der Waals surface area contributed by atoms with E-state index in [0.29, 0.717) is 26.9 Å². The first kappa shape index (κ1) is 25.1. The van der Waals surface area contributed by atoms with Crippen molar-refractivity contribution >= 4 is 35.0 Å². The topological polar surface area (TPSA) is 99.1 Å². The molecule has 1 heterocycles. The van der Waals surface area contributed by atoms with Crippen LogP contribution < -0.4 is 10.1 Å². The van der Waals surface area contributed by atoms with Gasteiger partial charge in [0.1, 0.15) is 18.0 Å². The lowest BCUT2D eigenvalue weighted by Crippen LogP contribution is -2.56. The molecule has 9 heteroatoms. The van der Waals surface area contributed by atoms with Gasteiger partial charge in [-0.25, -0.2) is 0 Å². The fourth-order valence-corrected chi connectivity index (χ4v) is 5.71. The number of aliphatic hydroxyl groups is 2. The maximum absolute atomic E-state index is 13.7. The molecule has 1 fully saturated rings. The Kier molecular flexibility index (Phi) is 7.26. The van der Waals surface area contributed by atoms with E-state index >= 15 is 0 Å². The summed E-state index contributed by atoms with van der Waals surface area (Å²) >= 11 is 12.5. The van der Waals surface area contributed by atoms with Gasteiger partial charge in [-0.1, -0.05) is 53.9 Å². The molecule has 7 nitrogen and oxygen atoms in total. The van der Waals surface area contributed by atoms with Crippen LogP contribution in [0, 0.1) is 5.92 Å². The predicted octanol–water partition coefficient (Wildman–Crippen LogP) is 3.44. The van der Waals surface area contributed by atoms with Crippen molar-refractivity contribution in [3.05, 3.63) is 75.3 Å². The third-order valence-electron chi connectivity index (χ3n) is 7.33. The van der Waals surface area contributed by atoms with Gasteiger partial charge in [-0.05, 0) is 42.7 Å². The summed E-state index contributed by atoms with van der Waals surface area (Å²) in [4.78, 5) is 28.5. The number of fused-ring (bicyclic) bond motifs is 3. The summed E-state index contributed by atoms with van der Waals surface area (Å²) in [5.41, 5.74) is 1.91. The van der Waals surface area contributed by atoms with Gasteiger partial charge in [0.25, 0.3) is 0 Å². The van der Waals surface area contributed by atoms with E-state index in [9.17, 15) is 19.8 Å². The molecule has 0 unspecified atom stereocenters. The van der Waals surface area contributed by atoms with Crippen LogP contribution in [-0.2, 0) is 16.1 Å². The molecule has 2 aromatic rings. The zero-order valence-electron chi connectivity index (χ0n) is 19.6. The molecule has 0 radical (unpaired) electrons. The van der Waals surface area contributed by atoms with Gasteiger partial charge in [0, 0.05) is 40.2 Å². The lowest BCUT2D eigenvalue weighted by atomic mass is 9.76. The first-order valence-electron chi connectivity index (χ1n) is 12.2. The first-order valence-corrected chi connectivity index (χ1v) is 12.9. The highest BCUT2D eigenvalue weighted by Gasteiger charge is 2.51. The molecule has 0 saturated heterocycles. The average molecular weight is 531 g/mol. The Balaban J connectivity index is 1.56. The van der Waals surface area contributed by atoms with Crippen molar-refractivity contribution < 1.29 is 24.5 Å². The smallest absolute Gasteiger partial charge is 0.247 e. The summed E-state index contributed by atoms with van der Waals surface area (Å²) < 4.78 is 6.16. The zero-order chi connectivity index (χ0) is 25.4. The fourth-order valence-electron chi connectivity index (χ4n) is 5.24. The van der Waals surface area contributed by atoms with E-state index in [1.807, 2.05) is 24.3 Å². The van der Waals surface area contributed by atoms with Crippen LogP contribution in [0.4, 0.5) is 0 Å². The van der Waals surface area contributed by atoms with Crippen molar-refractivity contribution in [2.24, 2.45) is 5.92 Å². The van der Waals surface area contributed by atoms with Crippen LogP contribution in [0.3, 0.4) is 0 Å². The zero-order valence-corrected chi connectivity index (χ0v) is 21.1. The number of amides is 2. The second-order valence-electron chi connectivity index (χ2n) is 9.51. The summed E-state index contributed by atoms with van der Waals surface area (Å²) in [6.07, 6.45) is 2.41. The number of nitrogens with one attached hydrogen (secondary N) is 1. The van der Waals surface area contributed by atoms with Gasteiger partial charge in [0.2, 0.25) is 11.8 Å². The van der Waals surface area contributed by atoms with E-state index in [1.165, 1.54) is 0 Å². The van der Waals surface area contributed by atoms with Gasteiger partial charge in [0.15, 0.2) is 0 Å². The number of aliphatic hydroxyl groups excluding tert-OH is 2. The molecule has 2 aliphatic carbocycles. The number of ether oxygens (including phenoxy) is 1. The number of carbonyl (C=O) groups is 2. The Labute approximate surface area is 219 Å².